The summed E-state index contributed by atoms with van der Waals surface area (Å²) in [7, 11) is 0. The largest absolute Gasteiger partial charge is 0.417 e. The summed E-state index contributed by atoms with van der Waals surface area (Å²) in [5.41, 5.74) is -0.421. The Bertz CT molecular complexity index is 999. The minimum atomic E-state index is -4.63. The molecule has 0 aliphatic carbocycles. The summed E-state index contributed by atoms with van der Waals surface area (Å²) < 4.78 is 40.7. The normalized spacial score (nSPS) is 12.2. The molecule has 2 aromatic carbocycles. The Labute approximate surface area is 155 Å². The summed E-state index contributed by atoms with van der Waals surface area (Å²) >= 11 is 0. The van der Waals surface area contributed by atoms with Crippen molar-refractivity contribution in [1.29, 1.82) is 0 Å². The lowest BCUT2D eigenvalue weighted by Crippen LogP contribution is -2.21. The molecule has 3 nitrogen and oxygen atoms in total. The van der Waals surface area contributed by atoms with Crippen molar-refractivity contribution in [3.8, 4) is 0 Å². The Hall–Kier alpha value is -2.89. The van der Waals surface area contributed by atoms with Gasteiger partial charge in [0.2, 0.25) is 0 Å². The van der Waals surface area contributed by atoms with Crippen LogP contribution in [0.15, 0.2) is 54.7 Å². The first-order chi connectivity index (χ1) is 12.6. The highest BCUT2D eigenvalue weighted by Crippen LogP contribution is 2.36. The lowest BCUT2D eigenvalue weighted by molar-refractivity contribution is -0.138. The molecule has 1 aromatic heterocycles. The molecule has 1 heterocycles. The van der Waals surface area contributed by atoms with E-state index in [9.17, 15) is 18.0 Å². The van der Waals surface area contributed by atoms with Crippen LogP contribution in [0.3, 0.4) is 0 Å². The van der Waals surface area contributed by atoms with Crippen LogP contribution in [0.2, 0.25) is 0 Å². The first kappa shape index (κ1) is 18.9. The van der Waals surface area contributed by atoms with Crippen LogP contribution in [0, 0.1) is 0 Å². The van der Waals surface area contributed by atoms with Gasteiger partial charge in [0.1, 0.15) is 0 Å². The Kier molecular flexibility index (Phi) is 4.68. The molecule has 1 amide bonds. The highest BCUT2D eigenvalue weighted by Gasteiger charge is 2.36. The summed E-state index contributed by atoms with van der Waals surface area (Å²) in [5, 5.41) is 3.36. The van der Waals surface area contributed by atoms with Crippen molar-refractivity contribution < 1.29 is 18.0 Å². The van der Waals surface area contributed by atoms with Crippen LogP contribution >= 0.6 is 0 Å². The topological polar surface area (TPSA) is 42.0 Å². The van der Waals surface area contributed by atoms with Crippen molar-refractivity contribution in [2.75, 3.05) is 5.32 Å². The van der Waals surface area contributed by atoms with E-state index < -0.39 is 28.6 Å². The molecule has 3 aromatic rings. The average Bonchev–Trinajstić information content (AvgIpc) is 2.60. The number of alkyl halides is 3. The van der Waals surface area contributed by atoms with Crippen LogP contribution in [-0.4, -0.2) is 10.9 Å². The minimum Gasteiger partial charge on any atom is -0.320 e. The summed E-state index contributed by atoms with van der Waals surface area (Å²) in [6.07, 6.45) is -3.07. The summed E-state index contributed by atoms with van der Waals surface area (Å²) in [4.78, 5) is 16.9. The number of aromatic nitrogens is 1. The number of nitrogens with one attached hydrogen (secondary N) is 1. The number of fused-ring (bicyclic) bond motifs is 1. The third-order valence-electron chi connectivity index (χ3n) is 4.32. The Balaban J connectivity index is 2.04. The number of halogens is 3. The molecule has 1 N–H and O–H groups in total. The predicted molar refractivity (Wildman–Crippen MR) is 99.8 cm³/mol. The number of amides is 1. The van der Waals surface area contributed by atoms with Crippen LogP contribution < -0.4 is 5.32 Å². The highest BCUT2D eigenvalue weighted by molar-refractivity contribution is 6.09. The summed E-state index contributed by atoms with van der Waals surface area (Å²) in [6, 6.07) is 12.6. The van der Waals surface area contributed by atoms with E-state index in [4.69, 9.17) is 0 Å². The number of benzene rings is 2. The average molecular weight is 372 g/mol. The monoisotopic (exact) mass is 372 g/mol. The number of para-hydroxylation sites is 1. The van der Waals surface area contributed by atoms with E-state index in [1.54, 1.807) is 30.5 Å². The van der Waals surface area contributed by atoms with Gasteiger partial charge in [-0.05, 0) is 35.2 Å². The molecule has 0 aliphatic heterocycles. The fraction of sp³-hybridized carbons (Fsp3) is 0.238. The Morgan fingerprint density at radius 3 is 2.37 bits per heavy atom. The van der Waals surface area contributed by atoms with Gasteiger partial charge in [-0.1, -0.05) is 45.0 Å². The first-order valence-electron chi connectivity index (χ1n) is 8.44. The standard InChI is InChI=1S/C21H19F3N2O/c1-20(2,3)14-9-10-15(16(12-14)21(22,23)24)19(27)26-17-8-4-6-13-7-5-11-25-18(13)17/h4-12H,1-3H3,(H,26,27). The molecule has 0 unspecified atom stereocenters. The lowest BCUT2D eigenvalue weighted by Gasteiger charge is -2.22. The molecular weight excluding hydrogens is 353 g/mol. The molecule has 6 heteroatoms. The number of pyridine rings is 1. The van der Waals surface area contributed by atoms with Crippen molar-refractivity contribution in [1.82, 2.24) is 4.98 Å². The number of carbonyl (C=O) groups excluding carboxylic acids is 1. The van der Waals surface area contributed by atoms with Crippen molar-refractivity contribution in [2.45, 2.75) is 32.4 Å². The number of hydrogen-bond acceptors (Lipinski definition) is 2. The SMILES string of the molecule is CC(C)(C)c1ccc(C(=O)Nc2cccc3cccnc23)c(C(F)(F)F)c1. The van der Waals surface area contributed by atoms with Gasteiger partial charge >= 0.3 is 6.18 Å². The van der Waals surface area contributed by atoms with Crippen molar-refractivity contribution in [3.63, 3.8) is 0 Å². The van der Waals surface area contributed by atoms with Gasteiger partial charge in [0.25, 0.3) is 5.91 Å². The zero-order valence-corrected chi connectivity index (χ0v) is 15.2. The second-order valence-electron chi connectivity index (χ2n) is 7.34. The van der Waals surface area contributed by atoms with Crippen LogP contribution in [0.4, 0.5) is 18.9 Å². The van der Waals surface area contributed by atoms with Gasteiger partial charge < -0.3 is 5.32 Å². The fourth-order valence-electron chi connectivity index (χ4n) is 2.84. The number of carbonyl (C=O) groups is 1. The number of anilines is 1. The maximum atomic E-state index is 13.6. The second-order valence-corrected chi connectivity index (χ2v) is 7.34. The minimum absolute atomic E-state index is 0.367. The molecule has 0 saturated carbocycles. The number of nitrogens with zero attached hydrogens (tertiary/aromatic N) is 1. The van der Waals surface area contributed by atoms with E-state index in [1.165, 1.54) is 6.07 Å². The van der Waals surface area contributed by atoms with E-state index in [1.807, 2.05) is 32.9 Å². The zero-order valence-electron chi connectivity index (χ0n) is 15.2. The molecular formula is C21H19F3N2O. The molecule has 0 fully saturated rings. The van der Waals surface area contributed by atoms with E-state index in [0.29, 0.717) is 16.8 Å². The maximum absolute atomic E-state index is 13.6. The van der Waals surface area contributed by atoms with E-state index in [-0.39, 0.29) is 0 Å². The van der Waals surface area contributed by atoms with Gasteiger partial charge in [-0.15, -0.1) is 0 Å². The van der Waals surface area contributed by atoms with Gasteiger partial charge in [-0.3, -0.25) is 9.78 Å². The molecule has 0 aliphatic rings. The third kappa shape index (κ3) is 3.94. The molecule has 0 radical (unpaired) electrons. The molecule has 3 rings (SSSR count). The van der Waals surface area contributed by atoms with E-state index in [0.717, 1.165) is 11.5 Å². The van der Waals surface area contributed by atoms with Crippen molar-refractivity contribution in [3.05, 3.63) is 71.4 Å². The van der Waals surface area contributed by atoms with Crippen LogP contribution in [0.5, 0.6) is 0 Å². The summed E-state index contributed by atoms with van der Waals surface area (Å²) in [6.45, 7) is 5.47. The van der Waals surface area contributed by atoms with Gasteiger partial charge in [-0.25, -0.2) is 0 Å². The van der Waals surface area contributed by atoms with E-state index in [2.05, 4.69) is 10.3 Å². The second kappa shape index (κ2) is 6.68. The van der Waals surface area contributed by atoms with Gasteiger partial charge in [0, 0.05) is 11.6 Å². The Morgan fingerprint density at radius 1 is 1.00 bits per heavy atom. The maximum Gasteiger partial charge on any atom is 0.417 e. The van der Waals surface area contributed by atoms with Crippen LogP contribution in [-0.2, 0) is 11.6 Å². The highest BCUT2D eigenvalue weighted by atomic mass is 19.4. The number of hydrogen-bond donors (Lipinski definition) is 1. The molecule has 0 bridgehead atoms. The molecule has 27 heavy (non-hydrogen) atoms. The predicted octanol–water partition coefficient (Wildman–Crippen LogP) is 5.80. The number of rotatable bonds is 2. The Morgan fingerprint density at radius 2 is 1.70 bits per heavy atom. The van der Waals surface area contributed by atoms with Crippen LogP contribution in [0.1, 0.15) is 42.3 Å². The third-order valence-corrected chi connectivity index (χ3v) is 4.32. The smallest absolute Gasteiger partial charge is 0.320 e. The summed E-state index contributed by atoms with van der Waals surface area (Å²) in [5.74, 6) is -0.819. The van der Waals surface area contributed by atoms with E-state index >= 15 is 0 Å². The lowest BCUT2D eigenvalue weighted by atomic mass is 9.85. The quantitative estimate of drug-likeness (QED) is 0.617. The fourth-order valence-corrected chi connectivity index (χ4v) is 2.84. The first-order valence-corrected chi connectivity index (χ1v) is 8.44. The molecule has 0 saturated heterocycles. The molecule has 0 atom stereocenters. The molecule has 0 spiro atoms. The van der Waals surface area contributed by atoms with Gasteiger partial charge in [0.15, 0.2) is 0 Å². The van der Waals surface area contributed by atoms with Crippen LogP contribution in [0.25, 0.3) is 10.9 Å². The van der Waals surface area contributed by atoms with Gasteiger partial charge in [-0.2, -0.15) is 13.2 Å². The zero-order chi connectivity index (χ0) is 19.8. The van der Waals surface area contributed by atoms with Gasteiger partial charge in [0.05, 0.1) is 22.3 Å². The van der Waals surface area contributed by atoms with Crippen molar-refractivity contribution in [2.24, 2.45) is 0 Å². The van der Waals surface area contributed by atoms with Crippen molar-refractivity contribution >= 4 is 22.5 Å². The molecule has 140 valence electrons.